The minimum absolute atomic E-state index is 0.0195. The highest BCUT2D eigenvalue weighted by Crippen LogP contribution is 2.26. The van der Waals surface area contributed by atoms with Gasteiger partial charge in [0.1, 0.15) is 12.3 Å². The zero-order chi connectivity index (χ0) is 10.7. The molecular formula is C9H11N3O3. The van der Waals surface area contributed by atoms with Crippen molar-refractivity contribution in [2.45, 2.75) is 12.5 Å². The molecule has 0 aliphatic carbocycles. The van der Waals surface area contributed by atoms with E-state index in [1.807, 2.05) is 0 Å². The predicted octanol–water partition coefficient (Wildman–Crippen LogP) is 0.730. The molecule has 15 heavy (non-hydrogen) atoms. The Balaban J connectivity index is 2.15. The van der Waals surface area contributed by atoms with Crippen LogP contribution in [0.5, 0.6) is 5.75 Å². The molecule has 0 aromatic carbocycles. The molecule has 1 aliphatic heterocycles. The molecule has 1 saturated heterocycles. The first-order valence-electron chi connectivity index (χ1n) is 4.73. The third-order valence-electron chi connectivity index (χ3n) is 2.27. The van der Waals surface area contributed by atoms with Gasteiger partial charge in [-0.05, 0) is 13.0 Å². The maximum absolute atomic E-state index is 10.7. The van der Waals surface area contributed by atoms with Gasteiger partial charge < -0.3 is 10.1 Å². The number of pyridine rings is 1. The molecule has 6 nitrogen and oxygen atoms in total. The number of ether oxygens (including phenoxy) is 1. The summed E-state index contributed by atoms with van der Waals surface area (Å²) < 4.78 is 5.52. The molecule has 6 heteroatoms. The minimum atomic E-state index is -0.481. The Hall–Kier alpha value is -1.69. The molecule has 80 valence electrons. The Morgan fingerprint density at radius 3 is 3.20 bits per heavy atom. The van der Waals surface area contributed by atoms with Crippen molar-refractivity contribution in [3.8, 4) is 5.75 Å². The summed E-state index contributed by atoms with van der Waals surface area (Å²) in [7, 11) is 0. The third kappa shape index (κ3) is 2.21. The summed E-state index contributed by atoms with van der Waals surface area (Å²) in [6.07, 6.45) is 3.59. The first-order chi connectivity index (χ1) is 7.27. The number of nitrogens with one attached hydrogen (secondary N) is 1. The topological polar surface area (TPSA) is 77.3 Å². The summed E-state index contributed by atoms with van der Waals surface area (Å²) in [5.74, 6) is 0.295. The van der Waals surface area contributed by atoms with Gasteiger partial charge >= 0.3 is 5.69 Å². The van der Waals surface area contributed by atoms with Crippen molar-refractivity contribution in [1.29, 1.82) is 0 Å². The van der Waals surface area contributed by atoms with E-state index in [0.717, 1.165) is 19.5 Å². The van der Waals surface area contributed by atoms with E-state index in [-0.39, 0.29) is 11.8 Å². The molecule has 0 amide bonds. The minimum Gasteiger partial charge on any atom is -0.482 e. The first kappa shape index (κ1) is 9.85. The molecule has 1 aromatic heterocycles. The van der Waals surface area contributed by atoms with Gasteiger partial charge in [0.05, 0.1) is 4.92 Å². The largest absolute Gasteiger partial charge is 0.482 e. The van der Waals surface area contributed by atoms with Crippen LogP contribution in [-0.4, -0.2) is 29.1 Å². The number of aromatic nitrogens is 1. The van der Waals surface area contributed by atoms with Gasteiger partial charge in [0, 0.05) is 18.8 Å². The van der Waals surface area contributed by atoms with E-state index >= 15 is 0 Å². The third-order valence-corrected chi connectivity index (χ3v) is 2.27. The quantitative estimate of drug-likeness (QED) is 0.586. The van der Waals surface area contributed by atoms with E-state index in [1.54, 1.807) is 0 Å². The number of nitro groups is 1. The molecule has 0 radical (unpaired) electrons. The molecule has 0 saturated carbocycles. The summed E-state index contributed by atoms with van der Waals surface area (Å²) in [6.45, 7) is 1.63. The van der Waals surface area contributed by atoms with E-state index < -0.39 is 4.92 Å². The standard InChI is InChI=1S/C9H11N3O3/c13-12(14)8-6-11-4-2-9(8)15-7-1-3-10-5-7/h2,4,6-7,10H,1,3,5H2. The van der Waals surface area contributed by atoms with Gasteiger partial charge in [0.2, 0.25) is 5.75 Å². The molecule has 1 aromatic rings. The number of rotatable bonds is 3. The second-order valence-corrected chi connectivity index (χ2v) is 3.33. The Bertz CT molecular complexity index is 363. The summed E-state index contributed by atoms with van der Waals surface area (Å²) in [4.78, 5) is 13.9. The van der Waals surface area contributed by atoms with E-state index in [2.05, 4.69) is 10.3 Å². The average molecular weight is 209 g/mol. The summed E-state index contributed by atoms with van der Waals surface area (Å²) >= 11 is 0. The van der Waals surface area contributed by atoms with Crippen molar-refractivity contribution in [3.63, 3.8) is 0 Å². The summed E-state index contributed by atoms with van der Waals surface area (Å²) in [5.41, 5.74) is -0.0793. The molecule has 1 unspecified atom stereocenters. The van der Waals surface area contributed by atoms with Crippen LogP contribution in [0.25, 0.3) is 0 Å². The fourth-order valence-electron chi connectivity index (χ4n) is 1.52. The molecule has 0 spiro atoms. The normalized spacial score (nSPS) is 20.1. The van der Waals surface area contributed by atoms with Crippen LogP contribution in [0.4, 0.5) is 5.69 Å². The highest BCUT2D eigenvalue weighted by atomic mass is 16.6. The lowest BCUT2D eigenvalue weighted by molar-refractivity contribution is -0.386. The number of hydrogen-bond donors (Lipinski definition) is 1. The lowest BCUT2D eigenvalue weighted by Gasteiger charge is -2.11. The van der Waals surface area contributed by atoms with E-state index in [9.17, 15) is 10.1 Å². The lowest BCUT2D eigenvalue weighted by atomic mass is 10.3. The Labute approximate surface area is 86.4 Å². The maximum atomic E-state index is 10.7. The van der Waals surface area contributed by atoms with Crippen LogP contribution in [0.1, 0.15) is 6.42 Å². The molecule has 1 fully saturated rings. The van der Waals surface area contributed by atoms with Gasteiger partial charge in [-0.25, -0.2) is 0 Å². The van der Waals surface area contributed by atoms with Gasteiger partial charge in [-0.2, -0.15) is 0 Å². The van der Waals surface area contributed by atoms with E-state index in [1.165, 1.54) is 18.5 Å². The zero-order valence-corrected chi connectivity index (χ0v) is 8.05. The Morgan fingerprint density at radius 1 is 1.67 bits per heavy atom. The molecule has 1 aliphatic rings. The van der Waals surface area contributed by atoms with Crippen LogP contribution in [0.3, 0.4) is 0 Å². The van der Waals surface area contributed by atoms with Gasteiger partial charge in [0.15, 0.2) is 0 Å². The predicted molar refractivity (Wildman–Crippen MR) is 52.8 cm³/mol. The Morgan fingerprint density at radius 2 is 2.53 bits per heavy atom. The summed E-state index contributed by atoms with van der Waals surface area (Å²) in [6, 6.07) is 1.52. The number of nitrogens with zero attached hydrogens (tertiary/aromatic N) is 2. The summed E-state index contributed by atoms with van der Waals surface area (Å²) in [5, 5.41) is 13.8. The molecule has 1 N–H and O–H groups in total. The van der Waals surface area contributed by atoms with Crippen molar-refractivity contribution >= 4 is 5.69 Å². The molecule has 2 rings (SSSR count). The fourth-order valence-corrected chi connectivity index (χ4v) is 1.52. The smallest absolute Gasteiger partial charge is 0.329 e. The van der Waals surface area contributed by atoms with Crippen molar-refractivity contribution in [3.05, 3.63) is 28.6 Å². The van der Waals surface area contributed by atoms with E-state index in [4.69, 9.17) is 4.74 Å². The Kier molecular flexibility index (Phi) is 2.77. The highest BCUT2D eigenvalue weighted by Gasteiger charge is 2.21. The fraction of sp³-hybridized carbons (Fsp3) is 0.444. The molecular weight excluding hydrogens is 198 g/mol. The van der Waals surface area contributed by atoms with Gasteiger partial charge in [-0.15, -0.1) is 0 Å². The van der Waals surface area contributed by atoms with Crippen molar-refractivity contribution in [2.75, 3.05) is 13.1 Å². The molecule has 0 bridgehead atoms. The van der Waals surface area contributed by atoms with Crippen LogP contribution >= 0.6 is 0 Å². The van der Waals surface area contributed by atoms with Crippen LogP contribution in [0.15, 0.2) is 18.5 Å². The monoisotopic (exact) mass is 209 g/mol. The molecule has 2 heterocycles. The van der Waals surface area contributed by atoms with Crippen molar-refractivity contribution < 1.29 is 9.66 Å². The zero-order valence-electron chi connectivity index (χ0n) is 8.05. The SMILES string of the molecule is O=[N+]([O-])c1cnccc1OC1CCNC1. The van der Waals surface area contributed by atoms with Gasteiger partial charge in [0.25, 0.3) is 0 Å². The van der Waals surface area contributed by atoms with E-state index in [0.29, 0.717) is 5.75 Å². The van der Waals surface area contributed by atoms with Crippen LogP contribution in [0.2, 0.25) is 0 Å². The van der Waals surface area contributed by atoms with Crippen molar-refractivity contribution in [2.24, 2.45) is 0 Å². The van der Waals surface area contributed by atoms with Gasteiger partial charge in [-0.3, -0.25) is 15.1 Å². The molecule has 1 atom stereocenters. The lowest BCUT2D eigenvalue weighted by Crippen LogP contribution is -2.20. The van der Waals surface area contributed by atoms with Crippen LogP contribution < -0.4 is 10.1 Å². The maximum Gasteiger partial charge on any atom is 0.329 e. The number of hydrogen-bond acceptors (Lipinski definition) is 5. The van der Waals surface area contributed by atoms with Crippen LogP contribution in [0, 0.1) is 10.1 Å². The first-order valence-corrected chi connectivity index (χ1v) is 4.73. The van der Waals surface area contributed by atoms with Gasteiger partial charge in [-0.1, -0.05) is 0 Å². The average Bonchev–Trinajstić information content (AvgIpc) is 2.71. The second kappa shape index (κ2) is 4.22. The highest BCUT2D eigenvalue weighted by molar-refractivity contribution is 5.43. The van der Waals surface area contributed by atoms with Crippen LogP contribution in [-0.2, 0) is 0 Å². The van der Waals surface area contributed by atoms with Crippen molar-refractivity contribution in [1.82, 2.24) is 10.3 Å². The second-order valence-electron chi connectivity index (χ2n) is 3.33.